The number of hydrogen-bond donors (Lipinski definition) is 1. The Balaban J connectivity index is 1.64. The Kier molecular flexibility index (Phi) is 3.85. The van der Waals surface area contributed by atoms with Crippen molar-refractivity contribution in [2.24, 2.45) is 11.0 Å². The molecule has 0 bridgehead atoms. The van der Waals surface area contributed by atoms with E-state index in [-0.39, 0.29) is 0 Å². The van der Waals surface area contributed by atoms with E-state index >= 15 is 0 Å². The number of imidazole rings is 1. The predicted molar refractivity (Wildman–Crippen MR) is 77.1 cm³/mol. The molecule has 2 heterocycles. The summed E-state index contributed by atoms with van der Waals surface area (Å²) >= 11 is 0. The van der Waals surface area contributed by atoms with Crippen molar-refractivity contribution in [2.45, 2.75) is 32.4 Å². The molecule has 1 fully saturated rings. The van der Waals surface area contributed by atoms with E-state index in [1.165, 1.54) is 24.8 Å². The van der Waals surface area contributed by atoms with E-state index in [9.17, 15) is 0 Å². The van der Waals surface area contributed by atoms with Crippen LogP contribution >= 0.6 is 0 Å². The highest BCUT2D eigenvalue weighted by molar-refractivity contribution is 5.41. The molecule has 6 heteroatoms. The normalized spacial score (nSPS) is 15.0. The van der Waals surface area contributed by atoms with E-state index in [0.29, 0.717) is 6.54 Å². The summed E-state index contributed by atoms with van der Waals surface area (Å²) in [7, 11) is 0. The molecule has 20 heavy (non-hydrogen) atoms. The highest BCUT2D eigenvalue weighted by Gasteiger charge is 2.16. The molecule has 2 aromatic rings. The maximum Gasteiger partial charge on any atom is 0.136 e. The van der Waals surface area contributed by atoms with Gasteiger partial charge in [0.05, 0.1) is 12.2 Å². The smallest absolute Gasteiger partial charge is 0.136 e. The number of rotatable bonds is 6. The quantitative estimate of drug-likeness (QED) is 0.497. The maximum atomic E-state index is 8.33. The Morgan fingerprint density at radius 1 is 1.40 bits per heavy atom. The van der Waals surface area contributed by atoms with Gasteiger partial charge in [0.2, 0.25) is 0 Å². The molecule has 0 unspecified atom stereocenters. The molecule has 1 aliphatic rings. The Bertz CT molecular complexity index is 636. The van der Waals surface area contributed by atoms with Crippen LogP contribution in [-0.2, 0) is 13.1 Å². The van der Waals surface area contributed by atoms with Crippen LogP contribution in [0.1, 0.15) is 30.5 Å². The number of azide groups is 1. The minimum absolute atomic E-state index is 0.299. The molecule has 0 radical (unpaired) electrons. The van der Waals surface area contributed by atoms with Crippen molar-refractivity contribution >= 4 is 5.65 Å². The second-order valence-corrected chi connectivity index (χ2v) is 5.35. The molecular formula is C14H18N6. The summed E-state index contributed by atoms with van der Waals surface area (Å²) in [6, 6.07) is 4.09. The number of pyridine rings is 1. The zero-order valence-electron chi connectivity index (χ0n) is 11.4. The second kappa shape index (κ2) is 5.94. The minimum Gasteiger partial charge on any atom is -0.312 e. The maximum absolute atomic E-state index is 8.33. The zero-order valence-corrected chi connectivity index (χ0v) is 11.4. The van der Waals surface area contributed by atoms with Crippen LogP contribution in [-0.4, -0.2) is 15.9 Å². The second-order valence-electron chi connectivity index (χ2n) is 5.35. The molecule has 0 saturated heterocycles. The van der Waals surface area contributed by atoms with Crippen LogP contribution in [0.4, 0.5) is 0 Å². The SMILES string of the molecule is [N-]=[N+]=NCc1cn2cc(CNCC3CCC3)ccc2n1. The van der Waals surface area contributed by atoms with Crippen LogP contribution in [0.2, 0.25) is 0 Å². The first-order valence-electron chi connectivity index (χ1n) is 7.03. The monoisotopic (exact) mass is 270 g/mol. The summed E-state index contributed by atoms with van der Waals surface area (Å²) in [5.41, 5.74) is 11.2. The zero-order chi connectivity index (χ0) is 13.8. The summed E-state index contributed by atoms with van der Waals surface area (Å²) in [6.07, 6.45) is 8.13. The summed E-state index contributed by atoms with van der Waals surface area (Å²) in [5, 5.41) is 7.05. The largest absolute Gasteiger partial charge is 0.312 e. The summed E-state index contributed by atoms with van der Waals surface area (Å²) in [4.78, 5) is 7.15. The van der Waals surface area contributed by atoms with Crippen LogP contribution in [0.25, 0.3) is 16.1 Å². The van der Waals surface area contributed by atoms with Gasteiger partial charge in [-0.1, -0.05) is 17.6 Å². The van der Waals surface area contributed by atoms with Crippen LogP contribution in [0.3, 0.4) is 0 Å². The van der Waals surface area contributed by atoms with Gasteiger partial charge in [-0.3, -0.25) is 0 Å². The molecule has 104 valence electrons. The van der Waals surface area contributed by atoms with Crippen molar-refractivity contribution in [1.82, 2.24) is 14.7 Å². The van der Waals surface area contributed by atoms with E-state index in [4.69, 9.17) is 5.53 Å². The summed E-state index contributed by atoms with van der Waals surface area (Å²) in [5.74, 6) is 0.877. The van der Waals surface area contributed by atoms with E-state index in [1.807, 2.05) is 16.7 Å². The molecule has 1 aliphatic carbocycles. The van der Waals surface area contributed by atoms with Gasteiger partial charge in [0.25, 0.3) is 0 Å². The third-order valence-electron chi connectivity index (χ3n) is 3.85. The molecule has 0 atom stereocenters. The summed E-state index contributed by atoms with van der Waals surface area (Å²) < 4.78 is 1.99. The van der Waals surface area contributed by atoms with Gasteiger partial charge >= 0.3 is 0 Å². The van der Waals surface area contributed by atoms with Crippen molar-refractivity contribution in [3.05, 3.63) is 46.2 Å². The molecule has 1 saturated carbocycles. The van der Waals surface area contributed by atoms with Gasteiger partial charge in [0.15, 0.2) is 0 Å². The van der Waals surface area contributed by atoms with Gasteiger partial charge in [0.1, 0.15) is 5.65 Å². The molecule has 0 amide bonds. The standard InChI is InChI=1S/C14H18N6/c15-19-17-8-13-10-20-9-12(4-5-14(20)18-13)7-16-6-11-2-1-3-11/h4-5,9-11,16H,1-3,6-8H2. The number of nitrogens with one attached hydrogen (secondary N) is 1. The van der Waals surface area contributed by atoms with Crippen LogP contribution in [0, 0.1) is 5.92 Å². The van der Waals surface area contributed by atoms with E-state index in [2.05, 4.69) is 32.6 Å². The lowest BCUT2D eigenvalue weighted by Crippen LogP contribution is -2.26. The minimum atomic E-state index is 0.299. The van der Waals surface area contributed by atoms with E-state index in [1.54, 1.807) is 0 Å². The van der Waals surface area contributed by atoms with Crippen molar-refractivity contribution in [3.8, 4) is 0 Å². The van der Waals surface area contributed by atoms with Gasteiger partial charge in [0, 0.05) is 23.9 Å². The highest BCUT2D eigenvalue weighted by Crippen LogP contribution is 2.25. The average molecular weight is 270 g/mol. The number of aromatic nitrogens is 2. The molecule has 0 aliphatic heterocycles. The van der Waals surface area contributed by atoms with E-state index in [0.717, 1.165) is 30.3 Å². The molecule has 0 aromatic carbocycles. The fourth-order valence-corrected chi connectivity index (χ4v) is 2.49. The van der Waals surface area contributed by atoms with Gasteiger partial charge in [-0.15, -0.1) is 0 Å². The number of nitrogens with zero attached hydrogens (tertiary/aromatic N) is 5. The van der Waals surface area contributed by atoms with Gasteiger partial charge < -0.3 is 9.72 Å². The molecular weight excluding hydrogens is 252 g/mol. The van der Waals surface area contributed by atoms with Crippen LogP contribution in [0.15, 0.2) is 29.6 Å². The Hall–Kier alpha value is -2.04. The first-order valence-corrected chi connectivity index (χ1v) is 7.03. The topological polar surface area (TPSA) is 78.1 Å². The predicted octanol–water partition coefficient (Wildman–Crippen LogP) is 3.03. The lowest BCUT2D eigenvalue weighted by molar-refractivity contribution is 0.301. The molecule has 1 N–H and O–H groups in total. The highest BCUT2D eigenvalue weighted by atomic mass is 15.1. The third-order valence-corrected chi connectivity index (χ3v) is 3.85. The average Bonchev–Trinajstić information content (AvgIpc) is 2.81. The lowest BCUT2D eigenvalue weighted by atomic mass is 9.85. The molecule has 6 nitrogen and oxygen atoms in total. The Morgan fingerprint density at radius 3 is 3.05 bits per heavy atom. The van der Waals surface area contributed by atoms with Crippen molar-refractivity contribution in [1.29, 1.82) is 0 Å². The van der Waals surface area contributed by atoms with E-state index < -0.39 is 0 Å². The van der Waals surface area contributed by atoms with Gasteiger partial charge in [-0.25, -0.2) is 4.98 Å². The molecule has 3 rings (SSSR count). The number of fused-ring (bicyclic) bond motifs is 1. The van der Waals surface area contributed by atoms with Crippen molar-refractivity contribution in [2.75, 3.05) is 6.54 Å². The van der Waals surface area contributed by atoms with Crippen molar-refractivity contribution in [3.63, 3.8) is 0 Å². The third kappa shape index (κ3) is 2.92. The fourth-order valence-electron chi connectivity index (χ4n) is 2.49. The lowest BCUT2D eigenvalue weighted by Gasteiger charge is -2.25. The molecule has 2 aromatic heterocycles. The fraction of sp³-hybridized carbons (Fsp3) is 0.500. The van der Waals surface area contributed by atoms with Gasteiger partial charge in [-0.05, 0) is 42.5 Å². The van der Waals surface area contributed by atoms with Crippen LogP contribution in [0.5, 0.6) is 0 Å². The number of hydrogen-bond acceptors (Lipinski definition) is 3. The van der Waals surface area contributed by atoms with Gasteiger partial charge in [-0.2, -0.15) is 0 Å². The molecule has 0 spiro atoms. The Morgan fingerprint density at radius 2 is 2.30 bits per heavy atom. The Labute approximate surface area is 117 Å². The van der Waals surface area contributed by atoms with Crippen molar-refractivity contribution < 1.29 is 0 Å². The first-order chi connectivity index (χ1) is 9.85. The summed E-state index contributed by atoms with van der Waals surface area (Å²) in [6.45, 7) is 2.30. The van der Waals surface area contributed by atoms with Crippen LogP contribution < -0.4 is 5.32 Å². The first kappa shape index (κ1) is 13.0.